The van der Waals surface area contributed by atoms with Crippen molar-refractivity contribution >= 4 is 17.0 Å². The summed E-state index contributed by atoms with van der Waals surface area (Å²) in [5.41, 5.74) is 12.7. The number of nitrogens with one attached hydrogen (secondary N) is 1. The van der Waals surface area contributed by atoms with Gasteiger partial charge in [-0.25, -0.2) is 0 Å². The maximum Gasteiger partial charge on any atom is 0.416 e. The summed E-state index contributed by atoms with van der Waals surface area (Å²) in [7, 11) is 0. The van der Waals surface area contributed by atoms with E-state index in [9.17, 15) is 28.2 Å². The number of phenolic OH excluding ortho intramolecular Hbond substituents is 1. The second-order valence-electron chi connectivity index (χ2n) is 23.5. The number of halogens is 3. The molecule has 10 nitrogen and oxygen atoms in total. The highest BCUT2D eigenvalue weighted by molar-refractivity contribution is 5.75. The number of aromatic nitrogens is 3. The lowest BCUT2D eigenvalue weighted by atomic mass is 9.56. The number of aromatic hydroxyl groups is 1. The molecule has 0 aliphatic heterocycles. The first-order chi connectivity index (χ1) is 27.8. The molecule has 352 valence electrons. The van der Waals surface area contributed by atoms with Crippen LogP contribution in [0.5, 0.6) is 5.75 Å². The van der Waals surface area contributed by atoms with E-state index >= 15 is 0 Å². The molecule has 0 aliphatic carbocycles. The Kier molecular flexibility index (Phi) is 16.0. The number of alkyl halides is 3. The van der Waals surface area contributed by atoms with Crippen LogP contribution in [0.1, 0.15) is 160 Å². The highest BCUT2D eigenvalue weighted by Gasteiger charge is 2.50. The molecule has 7 N–H and O–H groups in total. The van der Waals surface area contributed by atoms with Gasteiger partial charge in [-0.3, -0.25) is 4.79 Å². The number of benzene rings is 2. The lowest BCUT2D eigenvalue weighted by molar-refractivity contribution is -0.148. The molecule has 1 aromatic heterocycles. The highest BCUT2D eigenvalue weighted by atomic mass is 19.4. The number of esters is 1. The molecule has 3 rings (SSSR count). The summed E-state index contributed by atoms with van der Waals surface area (Å²) >= 11 is 0. The van der Waals surface area contributed by atoms with Gasteiger partial charge in [0.1, 0.15) is 22.5 Å². The maximum atomic E-state index is 13.4. The average Bonchev–Trinajstić information content (AvgIpc) is 3.53. The summed E-state index contributed by atoms with van der Waals surface area (Å²) < 4.78 is 45.9. The van der Waals surface area contributed by atoms with Gasteiger partial charge in [-0.1, -0.05) is 117 Å². The van der Waals surface area contributed by atoms with Gasteiger partial charge < -0.3 is 31.7 Å². The van der Waals surface area contributed by atoms with Gasteiger partial charge in [0, 0.05) is 29.7 Å². The van der Waals surface area contributed by atoms with Crippen molar-refractivity contribution < 1.29 is 32.9 Å². The molecule has 5 unspecified atom stereocenters. The third-order valence-electron chi connectivity index (χ3n) is 13.9. The standard InChI is InChI=1S/C49H81F3N6O4/c1-30(29-55-38(44(8,9)10)27-45(11,12)47(15,16)37(53)26-46(13,14)48(17,54)39(59)28-42(2,3)4)41(61)62-22-18-19-31-23-33(43(5,6)7)40(60)36(24-31)58-56-34-21-20-32(49(50,51)52)25-35(34)57-58/h20-21,23-25,30,37-39,55,59-60H,18-19,22,26-29,53-54H2,1-17H3. The number of carbonyl (C=O) groups excluding carboxylic acids is 1. The Balaban J connectivity index is 1.67. The van der Waals surface area contributed by atoms with Crippen LogP contribution in [0.4, 0.5) is 13.2 Å². The molecule has 0 spiro atoms. The Morgan fingerprint density at radius 2 is 1.42 bits per heavy atom. The number of nitrogens with zero attached hydrogens (tertiary/aromatic N) is 3. The highest BCUT2D eigenvalue weighted by Crippen LogP contribution is 2.50. The topological polar surface area (TPSA) is 162 Å². The number of rotatable bonds is 18. The molecule has 0 bridgehead atoms. The molecule has 0 aliphatic rings. The minimum atomic E-state index is -4.53. The zero-order valence-corrected chi connectivity index (χ0v) is 41.0. The monoisotopic (exact) mass is 875 g/mol. The first-order valence-electron chi connectivity index (χ1n) is 22.3. The molecule has 2 aromatic carbocycles. The number of carbonyl (C=O) groups is 1. The minimum absolute atomic E-state index is 0.0508. The summed E-state index contributed by atoms with van der Waals surface area (Å²) in [6.45, 7) is 36.4. The van der Waals surface area contributed by atoms with Crippen molar-refractivity contribution in [3.05, 3.63) is 47.0 Å². The lowest BCUT2D eigenvalue weighted by Crippen LogP contribution is -2.62. The number of nitrogens with two attached hydrogens (primary N) is 2. The second kappa shape index (κ2) is 18.7. The number of aryl methyl sites for hydroxylation is 1. The van der Waals surface area contributed by atoms with Crippen LogP contribution in [0.15, 0.2) is 30.3 Å². The van der Waals surface area contributed by atoms with Crippen LogP contribution in [-0.2, 0) is 27.5 Å². The first kappa shape index (κ1) is 53.1. The minimum Gasteiger partial charge on any atom is -0.505 e. The molecule has 0 saturated heterocycles. The number of aliphatic hydroxyl groups is 1. The predicted molar refractivity (Wildman–Crippen MR) is 245 cm³/mol. The van der Waals surface area contributed by atoms with E-state index in [4.69, 9.17) is 16.2 Å². The fraction of sp³-hybridized carbons (Fsp3) is 0.735. The Labute approximate surface area is 370 Å². The number of hydrogen-bond acceptors (Lipinski definition) is 9. The smallest absolute Gasteiger partial charge is 0.416 e. The number of phenols is 1. The van der Waals surface area contributed by atoms with E-state index in [2.05, 4.69) is 98.6 Å². The molecule has 5 atom stereocenters. The summed E-state index contributed by atoms with van der Waals surface area (Å²) in [4.78, 5) is 14.5. The normalized spacial score (nSPS) is 16.8. The van der Waals surface area contributed by atoms with Gasteiger partial charge in [-0.2, -0.15) is 13.2 Å². The van der Waals surface area contributed by atoms with Crippen molar-refractivity contribution in [1.82, 2.24) is 20.3 Å². The summed E-state index contributed by atoms with van der Waals surface area (Å²) in [5, 5.41) is 35.0. The Bertz CT molecular complexity index is 1980. The molecule has 13 heteroatoms. The van der Waals surface area contributed by atoms with Crippen molar-refractivity contribution in [3.63, 3.8) is 0 Å². The summed E-state index contributed by atoms with van der Waals surface area (Å²) in [6.07, 6.45) is -2.17. The summed E-state index contributed by atoms with van der Waals surface area (Å²) in [5.74, 6) is -0.772. The van der Waals surface area contributed by atoms with Gasteiger partial charge in [0.25, 0.3) is 0 Å². The summed E-state index contributed by atoms with van der Waals surface area (Å²) in [6, 6.07) is 6.63. The second-order valence-corrected chi connectivity index (χ2v) is 23.5. The number of fused-ring (bicyclic) bond motifs is 1. The van der Waals surface area contributed by atoms with E-state index < -0.39 is 40.1 Å². The van der Waals surface area contributed by atoms with E-state index in [-0.39, 0.29) is 68.8 Å². The van der Waals surface area contributed by atoms with Gasteiger partial charge in [-0.15, -0.1) is 15.0 Å². The largest absolute Gasteiger partial charge is 0.505 e. The maximum absolute atomic E-state index is 13.4. The predicted octanol–water partition coefficient (Wildman–Crippen LogP) is 10.3. The van der Waals surface area contributed by atoms with Crippen molar-refractivity contribution in [2.24, 2.45) is 44.5 Å². The van der Waals surface area contributed by atoms with Gasteiger partial charge in [0.05, 0.1) is 24.2 Å². The van der Waals surface area contributed by atoms with E-state index in [0.29, 0.717) is 37.8 Å². The first-order valence-corrected chi connectivity index (χ1v) is 22.3. The quantitative estimate of drug-likeness (QED) is 0.0619. The van der Waals surface area contributed by atoms with Crippen LogP contribution in [-0.4, -0.2) is 68.1 Å². The van der Waals surface area contributed by atoms with Gasteiger partial charge in [0.15, 0.2) is 0 Å². The van der Waals surface area contributed by atoms with Gasteiger partial charge in [0.2, 0.25) is 0 Å². The van der Waals surface area contributed by atoms with Crippen LogP contribution in [0.3, 0.4) is 0 Å². The Morgan fingerprint density at radius 3 is 1.95 bits per heavy atom. The van der Waals surface area contributed by atoms with E-state index in [1.54, 1.807) is 6.07 Å². The van der Waals surface area contributed by atoms with E-state index in [0.717, 1.165) is 24.1 Å². The third-order valence-corrected chi connectivity index (χ3v) is 13.9. The number of ether oxygens (including phenoxy) is 1. The molecular weight excluding hydrogens is 794 g/mol. The van der Waals surface area contributed by atoms with Crippen LogP contribution in [0.25, 0.3) is 16.7 Å². The Morgan fingerprint density at radius 1 is 0.839 bits per heavy atom. The zero-order chi connectivity index (χ0) is 47.8. The SMILES string of the molecule is CC(CNC(CC(C)(C)C(C)(C)C(N)CC(C)(C)C(C)(N)C(O)CC(C)(C)C)C(C)(C)C)C(=O)OCCCc1cc(-n2nc3ccc(C(F)(F)F)cc3n2)c(O)c(C(C)(C)C)c1. The Hall–Kier alpha value is -3.26. The zero-order valence-electron chi connectivity index (χ0n) is 41.0. The molecule has 62 heavy (non-hydrogen) atoms. The van der Waals surface area contributed by atoms with Crippen LogP contribution in [0.2, 0.25) is 0 Å². The fourth-order valence-electron chi connectivity index (χ4n) is 7.97. The molecular formula is C49H81F3N6O4. The molecule has 0 saturated carbocycles. The number of hydrogen-bond donors (Lipinski definition) is 5. The molecule has 0 radical (unpaired) electrons. The molecule has 3 aromatic rings. The third kappa shape index (κ3) is 12.9. The van der Waals surface area contributed by atoms with Crippen molar-refractivity contribution in [2.45, 2.75) is 185 Å². The molecule has 0 amide bonds. The fourth-order valence-corrected chi connectivity index (χ4v) is 7.97. The van der Waals surface area contributed by atoms with Crippen LogP contribution < -0.4 is 16.8 Å². The van der Waals surface area contributed by atoms with Crippen LogP contribution >= 0.6 is 0 Å². The van der Waals surface area contributed by atoms with Crippen molar-refractivity contribution in [2.75, 3.05) is 13.2 Å². The lowest BCUT2D eigenvalue weighted by Gasteiger charge is -2.53. The van der Waals surface area contributed by atoms with E-state index in [1.807, 2.05) is 40.7 Å². The molecule has 1 heterocycles. The van der Waals surface area contributed by atoms with Crippen LogP contribution in [0, 0.1) is 33.0 Å². The number of aliphatic hydroxyl groups excluding tert-OH is 1. The van der Waals surface area contributed by atoms with Crippen molar-refractivity contribution in [3.8, 4) is 11.4 Å². The average molecular weight is 875 g/mol. The van der Waals surface area contributed by atoms with E-state index in [1.165, 1.54) is 10.9 Å². The van der Waals surface area contributed by atoms with Gasteiger partial charge in [-0.05, 0) is 101 Å². The van der Waals surface area contributed by atoms with Gasteiger partial charge >= 0.3 is 12.1 Å². The van der Waals surface area contributed by atoms with Crippen molar-refractivity contribution in [1.29, 1.82) is 0 Å². The molecule has 0 fully saturated rings.